The van der Waals surface area contributed by atoms with Gasteiger partial charge in [0, 0.05) is 56.6 Å². The maximum Gasteiger partial charge on any atom is 0.358 e. The number of aromatic nitrogens is 2. The average Bonchev–Trinajstić information content (AvgIpc) is 3.33. The predicted molar refractivity (Wildman–Crippen MR) is 154 cm³/mol. The van der Waals surface area contributed by atoms with Gasteiger partial charge < -0.3 is 24.0 Å². The number of ether oxygens (including phenoxy) is 2. The van der Waals surface area contributed by atoms with Crippen LogP contribution in [-0.4, -0.2) is 78.6 Å². The standard InChI is InChI=1S/C20H27ClN4O4.C6H5Cl.C2H6/c1-15-22-18(20(27)28-2)14-25(15)10-7-23-5-8-24(9-6-23)19-4-3-16(13-17(19)21)29-12-11-26;7-6-4-2-1-3-5-6;1-2/h3-4,13-14,26H,5-12H2,1-2H3;1-5H;1-2H3. The molecule has 0 unspecified atom stereocenters. The third kappa shape index (κ3) is 9.83. The molecule has 0 amide bonds. The SMILES string of the molecule is CC.COC(=O)c1cn(CCN2CCN(c3ccc(OCCO)cc3Cl)CC2)c(C)n1.Clc1ccccc1. The van der Waals surface area contributed by atoms with Gasteiger partial charge in [0.2, 0.25) is 0 Å². The van der Waals surface area contributed by atoms with Crippen LogP contribution in [0.1, 0.15) is 30.2 Å². The molecular formula is C28H38Cl2N4O4. The number of imidazole rings is 1. The summed E-state index contributed by atoms with van der Waals surface area (Å²) < 4.78 is 12.1. The lowest BCUT2D eigenvalue weighted by Gasteiger charge is -2.36. The van der Waals surface area contributed by atoms with Gasteiger partial charge in [0.05, 0.1) is 24.4 Å². The number of methoxy groups -OCH3 is 1. The highest BCUT2D eigenvalue weighted by Gasteiger charge is 2.20. The fourth-order valence-corrected chi connectivity index (χ4v) is 4.25. The van der Waals surface area contributed by atoms with Crippen LogP contribution in [0.3, 0.4) is 0 Å². The van der Waals surface area contributed by atoms with E-state index < -0.39 is 5.97 Å². The van der Waals surface area contributed by atoms with Crippen molar-refractivity contribution in [1.29, 1.82) is 0 Å². The Morgan fingerprint density at radius 1 is 1.03 bits per heavy atom. The first-order valence-corrected chi connectivity index (χ1v) is 13.5. The molecule has 1 aliphatic heterocycles. The number of aliphatic hydroxyl groups excluding tert-OH is 1. The van der Waals surface area contributed by atoms with E-state index in [1.54, 1.807) is 12.3 Å². The molecule has 3 aromatic rings. The van der Waals surface area contributed by atoms with E-state index in [1.807, 2.05) is 67.8 Å². The zero-order valence-corrected chi connectivity index (χ0v) is 24.1. The van der Waals surface area contributed by atoms with Gasteiger partial charge in [-0.15, -0.1) is 0 Å². The lowest BCUT2D eigenvalue weighted by molar-refractivity contribution is 0.0594. The molecule has 8 nitrogen and oxygen atoms in total. The van der Waals surface area contributed by atoms with Crippen LogP contribution in [0, 0.1) is 6.92 Å². The summed E-state index contributed by atoms with van der Waals surface area (Å²) in [6.07, 6.45) is 1.75. The number of halogens is 2. The Labute approximate surface area is 235 Å². The number of carbonyl (C=O) groups excluding carboxylic acids is 1. The summed E-state index contributed by atoms with van der Waals surface area (Å²) in [5, 5.41) is 10.3. The topological polar surface area (TPSA) is 80.1 Å². The summed E-state index contributed by atoms with van der Waals surface area (Å²) in [5.74, 6) is 1.05. The van der Waals surface area contributed by atoms with Gasteiger partial charge in [-0.05, 0) is 31.2 Å². The third-order valence-corrected chi connectivity index (χ3v) is 6.31. The number of piperazine rings is 1. The molecule has 1 fully saturated rings. The third-order valence-electron chi connectivity index (χ3n) is 5.75. The molecular weight excluding hydrogens is 527 g/mol. The van der Waals surface area contributed by atoms with Gasteiger partial charge in [-0.3, -0.25) is 4.90 Å². The van der Waals surface area contributed by atoms with E-state index in [4.69, 9.17) is 37.8 Å². The minimum atomic E-state index is -0.412. The summed E-state index contributed by atoms with van der Waals surface area (Å²) in [5.41, 5.74) is 1.34. The van der Waals surface area contributed by atoms with Crippen LogP contribution >= 0.6 is 23.2 Å². The molecule has 0 atom stereocenters. The number of nitrogens with zero attached hydrogens (tertiary/aromatic N) is 4. The Balaban J connectivity index is 0.000000481. The normalized spacial score (nSPS) is 13.1. The lowest BCUT2D eigenvalue weighted by atomic mass is 10.2. The molecule has 0 saturated carbocycles. The summed E-state index contributed by atoms with van der Waals surface area (Å²) >= 11 is 12.0. The fraction of sp³-hybridized carbons (Fsp3) is 0.429. The molecule has 2 aromatic carbocycles. The van der Waals surface area contributed by atoms with Crippen molar-refractivity contribution < 1.29 is 19.4 Å². The molecule has 10 heteroatoms. The Morgan fingerprint density at radius 2 is 1.71 bits per heavy atom. The molecule has 0 radical (unpaired) electrons. The number of benzene rings is 2. The highest BCUT2D eigenvalue weighted by atomic mass is 35.5. The second-order valence-electron chi connectivity index (χ2n) is 8.17. The number of carbonyl (C=O) groups is 1. The Bertz CT molecular complexity index is 1100. The summed E-state index contributed by atoms with van der Waals surface area (Å²) in [6.45, 7) is 11.4. The Morgan fingerprint density at radius 3 is 2.26 bits per heavy atom. The van der Waals surface area contributed by atoms with Crippen molar-refractivity contribution in [3.05, 3.63) is 76.3 Å². The van der Waals surface area contributed by atoms with E-state index in [0.717, 1.165) is 55.8 Å². The first kappa shape index (κ1) is 31.4. The molecule has 1 aliphatic rings. The predicted octanol–water partition coefficient (Wildman–Crippen LogP) is 5.19. The van der Waals surface area contributed by atoms with Crippen LogP contribution in [0.15, 0.2) is 54.7 Å². The van der Waals surface area contributed by atoms with Crippen LogP contribution in [0.25, 0.3) is 0 Å². The summed E-state index contributed by atoms with van der Waals surface area (Å²) in [7, 11) is 1.36. The molecule has 2 heterocycles. The first-order chi connectivity index (χ1) is 18.4. The number of aliphatic hydroxyl groups is 1. The fourth-order valence-electron chi connectivity index (χ4n) is 3.81. The van der Waals surface area contributed by atoms with Crippen LogP contribution in [-0.2, 0) is 11.3 Å². The van der Waals surface area contributed by atoms with Crippen molar-refractivity contribution in [2.45, 2.75) is 27.3 Å². The number of hydrogen-bond donors (Lipinski definition) is 1. The van der Waals surface area contributed by atoms with Crippen molar-refractivity contribution in [2.24, 2.45) is 0 Å². The smallest absolute Gasteiger partial charge is 0.358 e. The molecule has 0 aliphatic carbocycles. The van der Waals surface area contributed by atoms with Crippen LogP contribution in [0.2, 0.25) is 10.0 Å². The van der Waals surface area contributed by atoms with E-state index in [2.05, 4.69) is 14.8 Å². The highest BCUT2D eigenvalue weighted by Crippen LogP contribution is 2.30. The van der Waals surface area contributed by atoms with E-state index in [0.29, 0.717) is 16.5 Å². The van der Waals surface area contributed by atoms with Crippen molar-refractivity contribution in [3.63, 3.8) is 0 Å². The first-order valence-electron chi connectivity index (χ1n) is 12.7. The maximum atomic E-state index is 11.6. The molecule has 208 valence electrons. The molecule has 4 rings (SSSR count). The molecule has 1 aromatic heterocycles. The second kappa shape index (κ2) is 16.9. The average molecular weight is 566 g/mol. The van der Waals surface area contributed by atoms with Crippen molar-refractivity contribution in [3.8, 4) is 5.75 Å². The Kier molecular flexibility index (Phi) is 14.0. The van der Waals surface area contributed by atoms with Crippen molar-refractivity contribution in [1.82, 2.24) is 14.5 Å². The molecule has 1 N–H and O–H groups in total. The number of aryl methyl sites for hydroxylation is 1. The monoisotopic (exact) mass is 564 g/mol. The maximum absolute atomic E-state index is 11.6. The quantitative estimate of drug-likeness (QED) is 0.377. The molecule has 1 saturated heterocycles. The number of hydrogen-bond acceptors (Lipinski definition) is 7. The molecule has 0 bridgehead atoms. The van der Waals surface area contributed by atoms with Crippen molar-refractivity contribution >= 4 is 34.9 Å². The van der Waals surface area contributed by atoms with Crippen LogP contribution in [0.5, 0.6) is 5.75 Å². The highest BCUT2D eigenvalue weighted by molar-refractivity contribution is 6.33. The largest absolute Gasteiger partial charge is 0.491 e. The van der Waals surface area contributed by atoms with Gasteiger partial charge in [-0.25, -0.2) is 9.78 Å². The van der Waals surface area contributed by atoms with Gasteiger partial charge >= 0.3 is 5.97 Å². The van der Waals surface area contributed by atoms with Crippen LogP contribution in [0.4, 0.5) is 5.69 Å². The van der Waals surface area contributed by atoms with Gasteiger partial charge in [0.25, 0.3) is 0 Å². The molecule has 0 spiro atoms. The zero-order chi connectivity index (χ0) is 27.9. The van der Waals surface area contributed by atoms with E-state index in [-0.39, 0.29) is 13.2 Å². The van der Waals surface area contributed by atoms with E-state index in [9.17, 15) is 4.79 Å². The number of rotatable bonds is 8. The van der Waals surface area contributed by atoms with Gasteiger partial charge in [0.15, 0.2) is 5.69 Å². The zero-order valence-electron chi connectivity index (χ0n) is 22.6. The molecule has 38 heavy (non-hydrogen) atoms. The lowest BCUT2D eigenvalue weighted by Crippen LogP contribution is -2.47. The van der Waals surface area contributed by atoms with E-state index in [1.165, 1.54) is 7.11 Å². The van der Waals surface area contributed by atoms with E-state index >= 15 is 0 Å². The minimum Gasteiger partial charge on any atom is -0.491 e. The minimum absolute atomic E-state index is 0.0239. The Hall–Kier alpha value is -2.78. The second-order valence-corrected chi connectivity index (χ2v) is 9.01. The van der Waals surface area contributed by atoms with Crippen molar-refractivity contribution in [2.75, 3.05) is 57.9 Å². The number of anilines is 1. The van der Waals surface area contributed by atoms with Gasteiger partial charge in [0.1, 0.15) is 18.2 Å². The van der Waals surface area contributed by atoms with Crippen LogP contribution < -0.4 is 9.64 Å². The van der Waals surface area contributed by atoms with Gasteiger partial charge in [-0.1, -0.05) is 55.2 Å². The summed E-state index contributed by atoms with van der Waals surface area (Å²) in [6, 6.07) is 15.1. The van der Waals surface area contributed by atoms with Gasteiger partial charge in [-0.2, -0.15) is 0 Å². The number of esters is 1. The summed E-state index contributed by atoms with van der Waals surface area (Å²) in [4.78, 5) is 20.5.